The van der Waals surface area contributed by atoms with Gasteiger partial charge >= 0.3 is 11.8 Å². The van der Waals surface area contributed by atoms with Crippen molar-refractivity contribution in [2.45, 2.75) is 62.4 Å². The maximum atomic E-state index is 14.1. The Morgan fingerprint density at radius 2 is 1.97 bits per heavy atom. The average Bonchev–Trinajstić information content (AvgIpc) is 2.82. The molecule has 1 fully saturated rings. The number of amides is 1. The molecule has 13 nitrogen and oxygen atoms in total. The van der Waals surface area contributed by atoms with Crippen LogP contribution in [0.25, 0.3) is 10.4 Å². The number of benzene rings is 1. The van der Waals surface area contributed by atoms with Crippen LogP contribution in [0.3, 0.4) is 0 Å². The molecule has 0 aliphatic carbocycles. The number of aliphatic hydroxyl groups excluding tert-OH is 3. The van der Waals surface area contributed by atoms with Crippen molar-refractivity contribution < 1.29 is 53.0 Å². The van der Waals surface area contributed by atoms with Crippen LogP contribution in [0.1, 0.15) is 30.9 Å². The van der Waals surface area contributed by atoms with E-state index in [2.05, 4.69) is 15.3 Å². The van der Waals surface area contributed by atoms with Crippen molar-refractivity contribution >= 4 is 17.6 Å². The Bertz CT molecular complexity index is 1100. The van der Waals surface area contributed by atoms with Crippen molar-refractivity contribution in [2.24, 2.45) is 5.11 Å². The molecular formula is C22H26F2N4O9. The van der Waals surface area contributed by atoms with Crippen LogP contribution < -0.4 is 10.1 Å². The van der Waals surface area contributed by atoms with E-state index in [1.807, 2.05) is 0 Å². The normalized spacial score (nSPS) is 31.2. The smallest absolute Gasteiger partial charge is 0.377 e. The first-order valence-corrected chi connectivity index (χ1v) is 11.1. The van der Waals surface area contributed by atoms with Crippen LogP contribution in [0.2, 0.25) is 0 Å². The first kappa shape index (κ1) is 28.2. The number of rotatable bonds is 4. The lowest BCUT2D eigenvalue weighted by Crippen LogP contribution is -2.68. The molecule has 1 saturated heterocycles. The Labute approximate surface area is 208 Å². The zero-order valence-corrected chi connectivity index (χ0v) is 19.5. The molecule has 2 heterocycles. The van der Waals surface area contributed by atoms with Crippen molar-refractivity contribution in [1.29, 1.82) is 0 Å². The number of aliphatic hydroxyl groups is 3. The number of ether oxygens (including phenoxy) is 3. The fraction of sp³-hybridized carbons (Fsp3) is 0.545. The first-order valence-electron chi connectivity index (χ1n) is 11.1. The minimum Gasteiger partial charge on any atom is -0.476 e. The van der Waals surface area contributed by atoms with Gasteiger partial charge in [0.05, 0.1) is 37.3 Å². The number of hydrogen-bond donors (Lipinski definition) is 5. The predicted octanol–water partition coefficient (Wildman–Crippen LogP) is 1.23. The van der Waals surface area contributed by atoms with E-state index in [1.54, 1.807) is 0 Å². The summed E-state index contributed by atoms with van der Waals surface area (Å²) in [4.78, 5) is 26.8. The summed E-state index contributed by atoms with van der Waals surface area (Å²) in [5.41, 5.74) is 7.79. The molecule has 202 valence electrons. The zero-order chi connectivity index (χ0) is 27.3. The molecule has 0 spiro atoms. The lowest BCUT2D eigenvalue weighted by atomic mass is 9.88. The van der Waals surface area contributed by atoms with Gasteiger partial charge in [0, 0.05) is 17.5 Å². The van der Waals surface area contributed by atoms with Gasteiger partial charge in [-0.2, -0.15) is 0 Å². The van der Waals surface area contributed by atoms with Gasteiger partial charge in [0.25, 0.3) is 6.43 Å². The summed E-state index contributed by atoms with van der Waals surface area (Å²) >= 11 is 0. The first-order chi connectivity index (χ1) is 17.5. The van der Waals surface area contributed by atoms with Gasteiger partial charge in [-0.25, -0.2) is 13.6 Å². The summed E-state index contributed by atoms with van der Waals surface area (Å²) < 4.78 is 44.7. The molecule has 2 aliphatic rings. The standard InChI is InChI=1S/C22H26F2N4O9/c1-10(29)26-16-14(30)8-22(21(33)34)36-18-11(6-12(27-28-25)7-13(18)20(23)24)4-2-3-5-35-9-15(31)17(32)19(16)37-22/h2-3,6-7,14-17,19-20,30-32H,4-5,8-9H2,1H3,(H,26,29)(H,33,34)/b3-2+/t14-,15+,16+,17+,19+,22+/m0/s1. The molecule has 0 aromatic heterocycles. The summed E-state index contributed by atoms with van der Waals surface area (Å²) in [6.07, 6.45) is -8.18. The van der Waals surface area contributed by atoms with Gasteiger partial charge in [-0.05, 0) is 29.6 Å². The highest BCUT2D eigenvalue weighted by atomic mass is 19.3. The van der Waals surface area contributed by atoms with E-state index in [0.29, 0.717) is 0 Å². The van der Waals surface area contributed by atoms with E-state index in [1.165, 1.54) is 18.2 Å². The molecule has 2 bridgehead atoms. The highest BCUT2D eigenvalue weighted by Crippen LogP contribution is 2.42. The lowest BCUT2D eigenvalue weighted by molar-refractivity contribution is -0.285. The molecule has 6 atom stereocenters. The molecule has 37 heavy (non-hydrogen) atoms. The number of azide groups is 1. The topological polar surface area (TPSA) is 204 Å². The number of aliphatic carboxylic acids is 1. The zero-order valence-electron chi connectivity index (χ0n) is 19.5. The Morgan fingerprint density at radius 3 is 2.59 bits per heavy atom. The van der Waals surface area contributed by atoms with Crippen molar-refractivity contribution in [3.8, 4) is 5.75 Å². The van der Waals surface area contributed by atoms with Gasteiger partial charge in [-0.15, -0.1) is 0 Å². The molecule has 5 N–H and O–H groups in total. The average molecular weight is 528 g/mol. The van der Waals surface area contributed by atoms with Gasteiger partial charge in [0.2, 0.25) is 5.91 Å². The number of nitrogens with zero attached hydrogens (tertiary/aromatic N) is 3. The van der Waals surface area contributed by atoms with Crippen LogP contribution in [0.15, 0.2) is 29.4 Å². The number of fused-ring (bicyclic) bond motifs is 3. The number of halogens is 2. The molecule has 0 radical (unpaired) electrons. The van der Waals surface area contributed by atoms with E-state index >= 15 is 0 Å². The summed E-state index contributed by atoms with van der Waals surface area (Å²) in [5, 5.41) is 47.8. The van der Waals surface area contributed by atoms with Crippen molar-refractivity contribution in [2.75, 3.05) is 13.2 Å². The summed E-state index contributed by atoms with van der Waals surface area (Å²) in [5.74, 6) is -5.92. The largest absolute Gasteiger partial charge is 0.476 e. The van der Waals surface area contributed by atoms with Gasteiger partial charge < -0.3 is 40.0 Å². The minimum absolute atomic E-state index is 0.00772. The fourth-order valence-electron chi connectivity index (χ4n) is 4.17. The third-order valence-corrected chi connectivity index (χ3v) is 5.85. The second kappa shape index (κ2) is 11.8. The van der Waals surface area contributed by atoms with Crippen LogP contribution in [-0.4, -0.2) is 81.8 Å². The third kappa shape index (κ3) is 6.33. The second-order valence-corrected chi connectivity index (χ2v) is 8.52. The number of allylic oxidation sites excluding steroid dienone is 1. The number of nitrogens with one attached hydrogen (secondary N) is 1. The van der Waals surface area contributed by atoms with Crippen molar-refractivity contribution in [3.05, 3.63) is 45.9 Å². The highest BCUT2D eigenvalue weighted by Gasteiger charge is 2.57. The van der Waals surface area contributed by atoms with Gasteiger partial charge in [-0.1, -0.05) is 17.3 Å². The minimum atomic E-state index is -3.21. The Balaban J connectivity index is 2.22. The molecule has 3 rings (SSSR count). The number of carboxylic acid groups (broad SMARTS) is 1. The number of alkyl halides is 2. The van der Waals surface area contributed by atoms with E-state index in [0.717, 1.165) is 13.0 Å². The summed E-state index contributed by atoms with van der Waals surface area (Å²) in [6, 6.07) is 0.653. The Morgan fingerprint density at radius 1 is 1.24 bits per heavy atom. The van der Waals surface area contributed by atoms with Crippen LogP contribution in [-0.2, 0) is 25.5 Å². The second-order valence-electron chi connectivity index (χ2n) is 8.52. The third-order valence-electron chi connectivity index (χ3n) is 5.85. The molecule has 2 aliphatic heterocycles. The number of carbonyl (C=O) groups is 2. The monoisotopic (exact) mass is 528 g/mol. The van der Waals surface area contributed by atoms with E-state index < -0.39 is 78.9 Å². The molecule has 0 saturated carbocycles. The van der Waals surface area contributed by atoms with Crippen molar-refractivity contribution in [3.63, 3.8) is 0 Å². The SMILES string of the molecule is CC(=O)N[C@H]1[C@H]2O[C@@](C(=O)O)(C[C@@H]1O)Oc1c(cc(N=[N+]=[N-])cc1C(F)F)C/C=C/COC[C@@H](O)[C@H]2O. The molecule has 1 aromatic rings. The molecular weight excluding hydrogens is 502 g/mol. The number of carboxylic acids is 1. The summed E-state index contributed by atoms with van der Waals surface area (Å²) in [7, 11) is 0. The van der Waals surface area contributed by atoms with Crippen LogP contribution >= 0.6 is 0 Å². The Kier molecular flexibility index (Phi) is 9.02. The van der Waals surface area contributed by atoms with Gasteiger partial charge in [-0.3, -0.25) is 4.79 Å². The van der Waals surface area contributed by atoms with Crippen LogP contribution in [0, 0.1) is 0 Å². The van der Waals surface area contributed by atoms with Crippen LogP contribution in [0.4, 0.5) is 14.5 Å². The van der Waals surface area contributed by atoms with Gasteiger partial charge in [0.1, 0.15) is 24.1 Å². The molecule has 0 unspecified atom stereocenters. The van der Waals surface area contributed by atoms with Crippen molar-refractivity contribution in [1.82, 2.24) is 5.32 Å². The van der Waals surface area contributed by atoms with Crippen LogP contribution in [0.5, 0.6) is 5.75 Å². The maximum Gasteiger partial charge on any atom is 0.377 e. The Hall–Kier alpha value is -3.33. The quantitative estimate of drug-likeness (QED) is 0.165. The predicted molar refractivity (Wildman–Crippen MR) is 120 cm³/mol. The molecule has 15 heteroatoms. The van der Waals surface area contributed by atoms with E-state index in [4.69, 9.17) is 19.7 Å². The van der Waals surface area contributed by atoms with E-state index in [9.17, 15) is 38.8 Å². The fourth-order valence-corrected chi connectivity index (χ4v) is 4.17. The lowest BCUT2D eigenvalue weighted by Gasteiger charge is -2.46. The molecule has 1 aromatic carbocycles. The molecule has 1 amide bonds. The number of hydrogen-bond acceptors (Lipinski definition) is 9. The van der Waals surface area contributed by atoms with E-state index in [-0.39, 0.29) is 24.3 Å². The number of carbonyl (C=O) groups excluding carboxylic acids is 1. The highest BCUT2D eigenvalue weighted by molar-refractivity contribution is 5.77. The summed E-state index contributed by atoms with van der Waals surface area (Å²) in [6.45, 7) is 0.623. The maximum absolute atomic E-state index is 14.1. The van der Waals surface area contributed by atoms with Gasteiger partial charge in [0.15, 0.2) is 0 Å².